The second-order valence-corrected chi connectivity index (χ2v) is 4.69. The van der Waals surface area contributed by atoms with Crippen LogP contribution in [-0.4, -0.2) is 18.5 Å². The Morgan fingerprint density at radius 3 is 2.52 bits per heavy atom. The van der Waals surface area contributed by atoms with E-state index in [2.05, 4.69) is 10.2 Å². The number of rotatable bonds is 4. The number of phenols is 1. The molecule has 0 saturated heterocycles. The lowest BCUT2D eigenvalue weighted by Gasteiger charge is -2.06. The van der Waals surface area contributed by atoms with Crippen LogP contribution < -0.4 is 4.74 Å². The molecule has 0 aliphatic heterocycles. The minimum atomic E-state index is -0.196. The molecule has 0 unspecified atom stereocenters. The highest BCUT2D eigenvalue weighted by Gasteiger charge is 2.09. The van der Waals surface area contributed by atoms with E-state index in [9.17, 15) is 9.90 Å². The molecule has 0 radical (unpaired) electrons. The van der Waals surface area contributed by atoms with Crippen molar-refractivity contribution in [2.45, 2.75) is 13.8 Å². The Kier molecular flexibility index (Phi) is 4.33. The summed E-state index contributed by atoms with van der Waals surface area (Å²) in [5, 5.41) is 18.0. The molecule has 5 heteroatoms. The van der Waals surface area contributed by atoms with Crippen molar-refractivity contribution in [3.8, 4) is 11.5 Å². The van der Waals surface area contributed by atoms with Crippen LogP contribution in [-0.2, 0) is 0 Å². The molecule has 0 aliphatic rings. The van der Waals surface area contributed by atoms with E-state index in [1.54, 1.807) is 0 Å². The minimum Gasteiger partial charge on any atom is -0.504 e. The van der Waals surface area contributed by atoms with E-state index in [0.717, 1.165) is 16.8 Å². The number of phenolic OH excluding ortho intramolecular Hbond substituents is 1. The first-order chi connectivity index (χ1) is 10.0. The van der Waals surface area contributed by atoms with E-state index in [1.165, 1.54) is 19.2 Å². The molecule has 0 fully saturated rings. The number of methoxy groups -OCH3 is 1. The third-order valence-electron chi connectivity index (χ3n) is 3.06. The number of carbonyl (C=O) groups excluding carboxylic acids is 1. The van der Waals surface area contributed by atoms with E-state index >= 15 is 0 Å². The topological polar surface area (TPSA) is 71.2 Å². The van der Waals surface area contributed by atoms with Gasteiger partial charge in [-0.15, -0.1) is 0 Å². The first-order valence-electron chi connectivity index (χ1n) is 6.40. The maximum atomic E-state index is 10.9. The molecule has 2 rings (SSSR count). The van der Waals surface area contributed by atoms with Crippen LogP contribution in [0.3, 0.4) is 0 Å². The SMILES string of the molecule is COc1cc(N=Nc2ccc(C)cc2C)cc(C=O)c1O. The molecule has 0 bridgehead atoms. The van der Waals surface area contributed by atoms with Gasteiger partial charge < -0.3 is 9.84 Å². The van der Waals surface area contributed by atoms with Gasteiger partial charge in [-0.2, -0.15) is 10.2 Å². The normalized spacial score (nSPS) is 10.8. The molecule has 0 atom stereocenters. The molecule has 0 amide bonds. The second-order valence-electron chi connectivity index (χ2n) is 4.69. The third kappa shape index (κ3) is 3.25. The maximum absolute atomic E-state index is 10.9. The quantitative estimate of drug-likeness (QED) is 0.674. The predicted molar refractivity (Wildman–Crippen MR) is 80.1 cm³/mol. The van der Waals surface area contributed by atoms with Gasteiger partial charge in [0.05, 0.1) is 24.0 Å². The van der Waals surface area contributed by atoms with Crippen molar-refractivity contribution in [1.82, 2.24) is 0 Å². The van der Waals surface area contributed by atoms with Crippen molar-refractivity contribution in [2.24, 2.45) is 10.2 Å². The van der Waals surface area contributed by atoms with Gasteiger partial charge in [0.25, 0.3) is 0 Å². The molecule has 1 N–H and O–H groups in total. The number of nitrogens with zero attached hydrogens (tertiary/aromatic N) is 2. The summed E-state index contributed by atoms with van der Waals surface area (Å²) < 4.78 is 5.01. The van der Waals surface area contributed by atoms with Gasteiger partial charge in [0.2, 0.25) is 0 Å². The molecule has 2 aromatic carbocycles. The van der Waals surface area contributed by atoms with Crippen LogP contribution in [0.5, 0.6) is 11.5 Å². The highest BCUT2D eigenvalue weighted by Crippen LogP contribution is 2.34. The summed E-state index contributed by atoms with van der Waals surface area (Å²) in [5.74, 6) is -0.00727. The second kappa shape index (κ2) is 6.17. The number of aryl methyl sites for hydroxylation is 2. The Balaban J connectivity index is 2.38. The molecule has 108 valence electrons. The average Bonchev–Trinajstić information content (AvgIpc) is 2.47. The van der Waals surface area contributed by atoms with Crippen molar-refractivity contribution < 1.29 is 14.6 Å². The smallest absolute Gasteiger partial charge is 0.168 e. The summed E-state index contributed by atoms with van der Waals surface area (Å²) in [6.45, 7) is 3.96. The summed E-state index contributed by atoms with van der Waals surface area (Å²) in [6, 6.07) is 8.83. The first-order valence-corrected chi connectivity index (χ1v) is 6.40. The number of ether oxygens (including phenoxy) is 1. The summed E-state index contributed by atoms with van der Waals surface area (Å²) in [7, 11) is 1.41. The van der Waals surface area contributed by atoms with Crippen LogP contribution in [0, 0.1) is 13.8 Å². The molecule has 0 heterocycles. The zero-order valence-corrected chi connectivity index (χ0v) is 12.1. The fourth-order valence-electron chi connectivity index (χ4n) is 1.95. The van der Waals surface area contributed by atoms with E-state index in [-0.39, 0.29) is 17.1 Å². The van der Waals surface area contributed by atoms with Gasteiger partial charge in [-0.1, -0.05) is 17.7 Å². The van der Waals surface area contributed by atoms with Crippen LogP contribution >= 0.6 is 0 Å². The van der Waals surface area contributed by atoms with Crippen LogP contribution in [0.2, 0.25) is 0 Å². The van der Waals surface area contributed by atoms with Crippen molar-refractivity contribution in [3.05, 3.63) is 47.0 Å². The van der Waals surface area contributed by atoms with Gasteiger partial charge in [0.1, 0.15) is 0 Å². The van der Waals surface area contributed by atoms with Crippen molar-refractivity contribution >= 4 is 17.7 Å². The van der Waals surface area contributed by atoms with Gasteiger partial charge in [-0.05, 0) is 31.5 Å². The highest BCUT2D eigenvalue weighted by atomic mass is 16.5. The number of hydrogen-bond acceptors (Lipinski definition) is 5. The molecular weight excluding hydrogens is 268 g/mol. The molecule has 0 spiro atoms. The van der Waals surface area contributed by atoms with Crippen molar-refractivity contribution in [2.75, 3.05) is 7.11 Å². The largest absolute Gasteiger partial charge is 0.504 e. The van der Waals surface area contributed by atoms with Gasteiger partial charge in [-0.25, -0.2) is 0 Å². The fourth-order valence-corrected chi connectivity index (χ4v) is 1.95. The number of carbonyl (C=O) groups is 1. The zero-order chi connectivity index (χ0) is 15.4. The van der Waals surface area contributed by atoms with Crippen LogP contribution in [0.15, 0.2) is 40.6 Å². The van der Waals surface area contributed by atoms with Crippen molar-refractivity contribution in [3.63, 3.8) is 0 Å². The van der Waals surface area contributed by atoms with Gasteiger partial charge in [-0.3, -0.25) is 4.79 Å². The molecule has 2 aromatic rings. The Bertz CT molecular complexity index is 709. The lowest BCUT2D eigenvalue weighted by Crippen LogP contribution is -1.88. The summed E-state index contributed by atoms with van der Waals surface area (Å²) >= 11 is 0. The maximum Gasteiger partial charge on any atom is 0.168 e. The Hall–Kier alpha value is -2.69. The van der Waals surface area contributed by atoms with Crippen molar-refractivity contribution in [1.29, 1.82) is 0 Å². The predicted octanol–water partition coefficient (Wildman–Crippen LogP) is 4.25. The third-order valence-corrected chi connectivity index (χ3v) is 3.06. The lowest BCUT2D eigenvalue weighted by molar-refractivity contribution is 0.112. The molecule has 0 saturated carbocycles. The van der Waals surface area contributed by atoms with E-state index in [0.29, 0.717) is 12.0 Å². The molecule has 21 heavy (non-hydrogen) atoms. The molecular formula is C16H16N2O3. The van der Waals surface area contributed by atoms with E-state index < -0.39 is 0 Å². The Morgan fingerprint density at radius 2 is 1.90 bits per heavy atom. The van der Waals surface area contributed by atoms with E-state index in [1.807, 2.05) is 32.0 Å². The molecule has 0 aliphatic carbocycles. The number of aromatic hydroxyl groups is 1. The lowest BCUT2D eigenvalue weighted by atomic mass is 10.1. The van der Waals surface area contributed by atoms with E-state index in [4.69, 9.17) is 4.74 Å². The highest BCUT2D eigenvalue weighted by molar-refractivity contribution is 5.83. The number of benzene rings is 2. The average molecular weight is 284 g/mol. The van der Waals surface area contributed by atoms with Crippen LogP contribution in [0.25, 0.3) is 0 Å². The van der Waals surface area contributed by atoms with Crippen LogP contribution in [0.4, 0.5) is 11.4 Å². The number of hydrogen-bond donors (Lipinski definition) is 1. The summed E-state index contributed by atoms with van der Waals surface area (Å²) in [4.78, 5) is 10.9. The monoisotopic (exact) mass is 284 g/mol. The summed E-state index contributed by atoms with van der Waals surface area (Å²) in [5.41, 5.74) is 3.47. The molecule has 5 nitrogen and oxygen atoms in total. The van der Waals surface area contributed by atoms with Crippen LogP contribution in [0.1, 0.15) is 21.5 Å². The first kappa shape index (κ1) is 14.7. The zero-order valence-electron chi connectivity index (χ0n) is 12.1. The van der Waals surface area contributed by atoms with Gasteiger partial charge in [0.15, 0.2) is 17.8 Å². The number of azo groups is 1. The molecule has 0 aromatic heterocycles. The Labute approximate surface area is 122 Å². The van der Waals surface area contributed by atoms with Gasteiger partial charge >= 0.3 is 0 Å². The fraction of sp³-hybridized carbons (Fsp3) is 0.188. The van der Waals surface area contributed by atoms with Gasteiger partial charge in [0, 0.05) is 6.07 Å². The Morgan fingerprint density at radius 1 is 1.14 bits per heavy atom. The summed E-state index contributed by atoms with van der Waals surface area (Å²) in [6.07, 6.45) is 0.550. The number of aldehydes is 1. The minimum absolute atomic E-state index is 0.115. The standard InChI is InChI=1S/C16H16N2O3/c1-10-4-5-14(11(2)6-10)18-17-13-7-12(9-19)16(20)15(8-13)21-3/h4-9,20H,1-3H3.